The monoisotopic (exact) mass is 464 g/mol. The van der Waals surface area contributed by atoms with Gasteiger partial charge in [0.15, 0.2) is 0 Å². The topological polar surface area (TPSA) is 88.9 Å². The molecule has 2 aliphatic rings. The summed E-state index contributed by atoms with van der Waals surface area (Å²) in [7, 11) is 3.23. The molecule has 0 aromatic heterocycles. The molecule has 0 aliphatic carbocycles. The number of nitrogens with one attached hydrogen (secondary N) is 2. The summed E-state index contributed by atoms with van der Waals surface area (Å²) in [4.78, 5) is 15.4. The number of carbonyl (C=O) groups is 1. The van der Waals surface area contributed by atoms with E-state index < -0.39 is 0 Å². The highest BCUT2D eigenvalue weighted by Crippen LogP contribution is 2.29. The number of ether oxygens (including phenoxy) is 2. The lowest BCUT2D eigenvalue weighted by molar-refractivity contribution is 0.00117. The fourth-order valence-electron chi connectivity index (χ4n) is 4.63. The molecule has 32 heavy (non-hydrogen) atoms. The molecule has 1 aromatic carbocycles. The van der Waals surface area contributed by atoms with E-state index in [0.29, 0.717) is 27.9 Å². The number of allylic oxidation sites excluding steroid dienone is 2. The fraction of sp³-hybridized carbons (Fsp3) is 0.625. The lowest BCUT2D eigenvalue weighted by Crippen LogP contribution is -2.55. The Balaban J connectivity index is 1.58. The van der Waals surface area contributed by atoms with Gasteiger partial charge in [-0.25, -0.2) is 0 Å². The lowest BCUT2D eigenvalue weighted by Gasteiger charge is -2.40. The van der Waals surface area contributed by atoms with Crippen LogP contribution < -0.4 is 21.1 Å². The number of rotatable bonds is 8. The molecule has 0 spiro atoms. The molecule has 0 bridgehead atoms. The number of nitrogens with zero attached hydrogens (tertiary/aromatic N) is 1. The average Bonchev–Trinajstić information content (AvgIpc) is 2.80. The van der Waals surface area contributed by atoms with Gasteiger partial charge < -0.3 is 30.7 Å². The SMILES string of the molecule is CCCC=C1CC(CN2CC[C@H](NC(=O)c3cc(Cl)c(N)cc3OC)[C@H](OC)C2)CCN1. The van der Waals surface area contributed by atoms with Crippen molar-refractivity contribution in [3.8, 4) is 5.75 Å². The zero-order valence-corrected chi connectivity index (χ0v) is 20.2. The van der Waals surface area contributed by atoms with Crippen LogP contribution in [0.2, 0.25) is 5.02 Å². The standard InChI is InChI=1S/C24H37ClN4O3/c1-4-5-6-17-11-16(7-9-27-17)14-29-10-8-21(23(15-29)32-3)28-24(30)18-12-19(25)20(26)13-22(18)31-2/h6,12-13,16,21,23,27H,4-5,7-11,14-15,26H2,1-3H3,(H,28,30)/t16?,21-,23+/m0/s1. The van der Waals surface area contributed by atoms with Crippen LogP contribution in [0.1, 0.15) is 49.4 Å². The third-order valence-electron chi connectivity index (χ3n) is 6.43. The third kappa shape index (κ3) is 6.30. The number of hydrogen-bond donors (Lipinski definition) is 3. The highest BCUT2D eigenvalue weighted by atomic mass is 35.5. The molecule has 3 atom stereocenters. The van der Waals surface area contributed by atoms with Crippen molar-refractivity contribution in [2.24, 2.45) is 5.92 Å². The van der Waals surface area contributed by atoms with Crippen molar-refractivity contribution in [1.82, 2.24) is 15.5 Å². The van der Waals surface area contributed by atoms with Crippen molar-refractivity contribution in [3.05, 3.63) is 34.5 Å². The van der Waals surface area contributed by atoms with Gasteiger partial charge in [0.05, 0.1) is 35.5 Å². The molecular formula is C24H37ClN4O3. The third-order valence-corrected chi connectivity index (χ3v) is 6.76. The predicted octanol–water partition coefficient (Wildman–Crippen LogP) is 3.43. The van der Waals surface area contributed by atoms with Gasteiger partial charge in [-0.2, -0.15) is 0 Å². The maximum absolute atomic E-state index is 13.0. The molecule has 1 amide bonds. The number of unbranched alkanes of at least 4 members (excludes halogenated alkanes) is 1. The first-order chi connectivity index (χ1) is 15.4. The van der Waals surface area contributed by atoms with Crippen LogP contribution in [0.25, 0.3) is 0 Å². The van der Waals surface area contributed by atoms with Crippen LogP contribution in [-0.4, -0.2) is 63.4 Å². The van der Waals surface area contributed by atoms with E-state index in [0.717, 1.165) is 45.4 Å². The summed E-state index contributed by atoms with van der Waals surface area (Å²) in [6.07, 6.45) is 7.73. The number of nitrogen functional groups attached to an aromatic ring is 1. The Morgan fingerprint density at radius 3 is 2.91 bits per heavy atom. The molecular weight excluding hydrogens is 428 g/mol. The number of amides is 1. The van der Waals surface area contributed by atoms with Gasteiger partial charge in [0.2, 0.25) is 0 Å². The van der Waals surface area contributed by atoms with Gasteiger partial charge in [-0.3, -0.25) is 4.79 Å². The minimum Gasteiger partial charge on any atom is -0.496 e. The van der Waals surface area contributed by atoms with E-state index in [1.165, 1.54) is 25.6 Å². The number of nitrogens with two attached hydrogens (primary N) is 1. The van der Waals surface area contributed by atoms with Gasteiger partial charge in [0, 0.05) is 45.1 Å². The summed E-state index contributed by atoms with van der Waals surface area (Å²) in [6.45, 7) is 6.06. The summed E-state index contributed by atoms with van der Waals surface area (Å²) in [5.41, 5.74) is 8.00. The van der Waals surface area contributed by atoms with E-state index in [1.807, 2.05) is 0 Å². The molecule has 4 N–H and O–H groups in total. The second-order valence-corrected chi connectivity index (χ2v) is 9.19. The van der Waals surface area contributed by atoms with Crippen LogP contribution in [0.3, 0.4) is 0 Å². The van der Waals surface area contributed by atoms with Gasteiger partial charge in [0.1, 0.15) is 5.75 Å². The Kier molecular flexibility index (Phi) is 9.08. The summed E-state index contributed by atoms with van der Waals surface area (Å²) in [6, 6.07) is 3.07. The van der Waals surface area contributed by atoms with Crippen molar-refractivity contribution in [1.29, 1.82) is 0 Å². The van der Waals surface area contributed by atoms with E-state index >= 15 is 0 Å². The summed E-state index contributed by atoms with van der Waals surface area (Å²) in [5.74, 6) is 0.839. The Hall–Kier alpha value is -1.96. The lowest BCUT2D eigenvalue weighted by atomic mass is 9.92. The van der Waals surface area contributed by atoms with Crippen molar-refractivity contribution in [2.75, 3.05) is 46.1 Å². The first-order valence-corrected chi connectivity index (χ1v) is 11.9. The average molecular weight is 465 g/mol. The molecule has 7 nitrogen and oxygen atoms in total. The molecule has 2 saturated heterocycles. The maximum Gasteiger partial charge on any atom is 0.255 e. The van der Waals surface area contributed by atoms with Crippen molar-refractivity contribution in [3.63, 3.8) is 0 Å². The first kappa shape index (κ1) is 24.7. The quantitative estimate of drug-likeness (QED) is 0.511. The Morgan fingerprint density at radius 1 is 1.38 bits per heavy atom. The smallest absolute Gasteiger partial charge is 0.255 e. The summed E-state index contributed by atoms with van der Waals surface area (Å²) < 4.78 is 11.1. The van der Waals surface area contributed by atoms with E-state index in [9.17, 15) is 4.79 Å². The number of benzene rings is 1. The van der Waals surface area contributed by atoms with Gasteiger partial charge in [-0.15, -0.1) is 0 Å². The molecule has 1 aromatic rings. The normalized spacial score (nSPS) is 25.4. The number of carbonyl (C=O) groups excluding carboxylic acids is 1. The molecule has 2 heterocycles. The van der Waals surface area contributed by atoms with Crippen molar-refractivity contribution < 1.29 is 14.3 Å². The van der Waals surface area contributed by atoms with Gasteiger partial charge in [-0.05, 0) is 37.7 Å². The highest BCUT2D eigenvalue weighted by Gasteiger charge is 2.32. The van der Waals surface area contributed by atoms with Gasteiger partial charge in [0.25, 0.3) is 5.91 Å². The number of hydrogen-bond acceptors (Lipinski definition) is 6. The van der Waals surface area contributed by atoms with Crippen LogP contribution in [0.15, 0.2) is 23.9 Å². The minimum atomic E-state index is -0.228. The first-order valence-electron chi connectivity index (χ1n) is 11.6. The Morgan fingerprint density at radius 2 is 2.19 bits per heavy atom. The number of anilines is 1. The van der Waals surface area contributed by atoms with Crippen LogP contribution in [0.5, 0.6) is 5.75 Å². The molecule has 1 unspecified atom stereocenters. The molecule has 3 rings (SSSR count). The number of methoxy groups -OCH3 is 2. The van der Waals surface area contributed by atoms with E-state index in [-0.39, 0.29) is 18.1 Å². The Bertz CT molecular complexity index is 817. The molecule has 2 aliphatic heterocycles. The van der Waals surface area contributed by atoms with Gasteiger partial charge >= 0.3 is 0 Å². The Labute approximate surface area is 196 Å². The minimum absolute atomic E-state index is 0.0697. The van der Waals surface area contributed by atoms with Crippen LogP contribution >= 0.6 is 11.6 Å². The van der Waals surface area contributed by atoms with Crippen LogP contribution in [0, 0.1) is 5.92 Å². The number of piperidine rings is 2. The molecule has 0 radical (unpaired) electrons. The fourth-order valence-corrected chi connectivity index (χ4v) is 4.79. The van der Waals surface area contributed by atoms with E-state index in [4.69, 9.17) is 26.8 Å². The molecule has 8 heteroatoms. The van der Waals surface area contributed by atoms with Crippen LogP contribution in [-0.2, 0) is 4.74 Å². The predicted molar refractivity (Wildman–Crippen MR) is 129 cm³/mol. The van der Waals surface area contributed by atoms with E-state index in [2.05, 4.69) is 28.5 Å². The molecule has 2 fully saturated rings. The molecule has 178 valence electrons. The zero-order valence-electron chi connectivity index (χ0n) is 19.5. The second-order valence-electron chi connectivity index (χ2n) is 8.78. The van der Waals surface area contributed by atoms with E-state index in [1.54, 1.807) is 19.2 Å². The zero-order chi connectivity index (χ0) is 23.1. The second kappa shape index (κ2) is 11.8. The van der Waals surface area contributed by atoms with Crippen molar-refractivity contribution in [2.45, 2.75) is 51.2 Å². The number of halogens is 1. The summed E-state index contributed by atoms with van der Waals surface area (Å²) >= 11 is 6.14. The maximum atomic E-state index is 13.0. The number of likely N-dealkylation sites (tertiary alicyclic amines) is 1. The largest absolute Gasteiger partial charge is 0.496 e. The van der Waals surface area contributed by atoms with Crippen molar-refractivity contribution >= 4 is 23.2 Å². The van der Waals surface area contributed by atoms with Gasteiger partial charge in [-0.1, -0.05) is 31.0 Å². The summed E-state index contributed by atoms with van der Waals surface area (Å²) in [5, 5.41) is 7.00. The molecule has 0 saturated carbocycles. The van der Waals surface area contributed by atoms with Crippen LogP contribution in [0.4, 0.5) is 5.69 Å². The highest BCUT2D eigenvalue weighted by molar-refractivity contribution is 6.33.